The Kier molecular flexibility index (Phi) is 5.02. The zero-order chi connectivity index (χ0) is 18.0. The summed E-state index contributed by atoms with van der Waals surface area (Å²) in [6.45, 7) is 0. The highest BCUT2D eigenvalue weighted by Gasteiger charge is 2.34. The van der Waals surface area contributed by atoms with Gasteiger partial charge in [0.25, 0.3) is 5.91 Å². The molecule has 1 atom stereocenters. The molecule has 7 heteroatoms. The van der Waals surface area contributed by atoms with E-state index >= 15 is 0 Å². The number of hydrogen-bond acceptors (Lipinski definition) is 5. The summed E-state index contributed by atoms with van der Waals surface area (Å²) in [7, 11) is 1.60. The van der Waals surface area contributed by atoms with Crippen molar-refractivity contribution in [1.29, 1.82) is 5.26 Å². The maximum atomic E-state index is 12.3. The summed E-state index contributed by atoms with van der Waals surface area (Å²) in [6.07, 6.45) is -0.483. The summed E-state index contributed by atoms with van der Waals surface area (Å²) in [4.78, 5) is 14.1. The van der Waals surface area contributed by atoms with Crippen molar-refractivity contribution in [2.24, 2.45) is 0 Å². The number of hydrogen-bond donors (Lipinski definition) is 2. The summed E-state index contributed by atoms with van der Waals surface area (Å²) in [6, 6.07) is 16.9. The van der Waals surface area contributed by atoms with E-state index in [9.17, 15) is 10.1 Å². The molecule has 5 nitrogen and oxygen atoms in total. The largest absolute Gasteiger partial charge is 0.497 e. The lowest BCUT2D eigenvalue weighted by Gasteiger charge is -2.38. The second kappa shape index (κ2) is 7.21. The lowest BCUT2D eigenvalue weighted by atomic mass is 10.1. The first-order valence-corrected chi connectivity index (χ1v) is 8.62. The Labute approximate surface area is 159 Å². The SMILES string of the molecule is COc1ccc(N2C(S)=C(C#N)C(=O)N[C@H]2c2cccc(Br)c2)cc1. The molecule has 25 heavy (non-hydrogen) atoms. The highest BCUT2D eigenvalue weighted by molar-refractivity contribution is 9.10. The van der Waals surface area contributed by atoms with Gasteiger partial charge in [-0.15, -0.1) is 12.6 Å². The maximum absolute atomic E-state index is 12.3. The monoisotopic (exact) mass is 415 g/mol. The number of anilines is 1. The summed E-state index contributed by atoms with van der Waals surface area (Å²) in [5.41, 5.74) is 1.62. The minimum atomic E-state index is -0.483. The van der Waals surface area contributed by atoms with Crippen LogP contribution in [0.5, 0.6) is 5.75 Å². The van der Waals surface area contributed by atoms with E-state index < -0.39 is 12.1 Å². The fraction of sp³-hybridized carbons (Fsp3) is 0.111. The summed E-state index contributed by atoms with van der Waals surface area (Å²) < 4.78 is 6.09. The van der Waals surface area contributed by atoms with E-state index in [2.05, 4.69) is 33.9 Å². The van der Waals surface area contributed by atoms with Gasteiger partial charge in [-0.25, -0.2) is 0 Å². The highest BCUT2D eigenvalue weighted by atomic mass is 79.9. The average Bonchev–Trinajstić information content (AvgIpc) is 2.62. The van der Waals surface area contributed by atoms with Crippen molar-refractivity contribution >= 4 is 40.2 Å². The Morgan fingerprint density at radius 1 is 1.28 bits per heavy atom. The van der Waals surface area contributed by atoms with Gasteiger partial charge in [0.2, 0.25) is 0 Å². The van der Waals surface area contributed by atoms with Gasteiger partial charge in [0.15, 0.2) is 0 Å². The van der Waals surface area contributed by atoms with Crippen molar-refractivity contribution in [3.8, 4) is 11.8 Å². The van der Waals surface area contributed by atoms with E-state index in [1.54, 1.807) is 7.11 Å². The first-order valence-electron chi connectivity index (χ1n) is 7.38. The predicted molar refractivity (Wildman–Crippen MR) is 102 cm³/mol. The van der Waals surface area contributed by atoms with Crippen molar-refractivity contribution in [2.75, 3.05) is 12.0 Å². The van der Waals surface area contributed by atoms with Crippen LogP contribution in [0.4, 0.5) is 5.69 Å². The van der Waals surface area contributed by atoms with Gasteiger partial charge in [-0.3, -0.25) is 4.79 Å². The molecular weight excluding hydrogens is 402 g/mol. The number of carbonyl (C=O) groups excluding carboxylic acids is 1. The van der Waals surface area contributed by atoms with Crippen molar-refractivity contribution in [3.05, 3.63) is 69.2 Å². The molecule has 0 unspecified atom stereocenters. The molecule has 1 aliphatic rings. The highest BCUT2D eigenvalue weighted by Crippen LogP contribution is 2.36. The standard InChI is InChI=1S/C18H14BrN3O2S/c1-24-14-7-5-13(6-8-14)22-16(11-3-2-4-12(19)9-11)21-17(23)15(10-20)18(22)25/h2-9,16,25H,1H3,(H,21,23)/t16-/m1/s1. The average molecular weight is 416 g/mol. The third-order valence-corrected chi connectivity index (χ3v) is 4.76. The van der Waals surface area contributed by atoms with E-state index in [-0.39, 0.29) is 5.57 Å². The number of carbonyl (C=O) groups is 1. The third kappa shape index (κ3) is 3.36. The molecular formula is C18H14BrN3O2S. The van der Waals surface area contributed by atoms with Crippen LogP contribution in [0.2, 0.25) is 0 Å². The molecule has 0 fully saturated rings. The number of amides is 1. The third-order valence-electron chi connectivity index (χ3n) is 3.83. The van der Waals surface area contributed by atoms with E-state index in [1.165, 1.54) is 0 Å². The second-order valence-corrected chi connectivity index (χ2v) is 6.65. The quantitative estimate of drug-likeness (QED) is 0.748. The lowest BCUT2D eigenvalue weighted by molar-refractivity contribution is -0.118. The summed E-state index contributed by atoms with van der Waals surface area (Å²) >= 11 is 7.91. The number of nitriles is 1. The predicted octanol–water partition coefficient (Wildman–Crippen LogP) is 3.76. The van der Waals surface area contributed by atoms with Crippen LogP contribution in [0.25, 0.3) is 0 Å². The molecule has 0 aromatic heterocycles. The Bertz CT molecular complexity index is 890. The van der Waals surface area contributed by atoms with Gasteiger partial charge in [-0.1, -0.05) is 28.1 Å². The van der Waals surface area contributed by atoms with Crippen LogP contribution in [0.3, 0.4) is 0 Å². The Hall–Kier alpha value is -2.43. The van der Waals surface area contributed by atoms with Crippen molar-refractivity contribution < 1.29 is 9.53 Å². The molecule has 2 aromatic rings. The molecule has 1 N–H and O–H groups in total. The van der Waals surface area contributed by atoms with Crippen LogP contribution in [0.1, 0.15) is 11.7 Å². The summed E-state index contributed by atoms with van der Waals surface area (Å²) in [5.74, 6) is 0.274. The molecule has 0 saturated heterocycles. The van der Waals surface area contributed by atoms with Crippen LogP contribution in [0.15, 0.2) is 63.6 Å². The minimum absolute atomic E-state index is 0.0228. The number of nitrogens with zero attached hydrogens (tertiary/aromatic N) is 2. The Balaban J connectivity index is 2.13. The van der Waals surface area contributed by atoms with Crippen LogP contribution in [0, 0.1) is 11.3 Å². The molecule has 1 amide bonds. The maximum Gasteiger partial charge on any atom is 0.266 e. The number of ether oxygens (including phenoxy) is 1. The van der Waals surface area contributed by atoms with Crippen molar-refractivity contribution in [1.82, 2.24) is 5.32 Å². The number of benzene rings is 2. The second-order valence-electron chi connectivity index (χ2n) is 5.31. The van der Waals surface area contributed by atoms with Gasteiger partial charge in [0.05, 0.1) is 12.1 Å². The number of rotatable bonds is 3. The number of halogens is 1. The Morgan fingerprint density at radius 2 is 2.00 bits per heavy atom. The molecule has 1 heterocycles. The molecule has 0 spiro atoms. The van der Waals surface area contributed by atoms with E-state index in [0.717, 1.165) is 15.7 Å². The normalized spacial score (nSPS) is 17.1. The van der Waals surface area contributed by atoms with Gasteiger partial charge in [-0.05, 0) is 42.0 Å². The van der Waals surface area contributed by atoms with E-state index in [4.69, 9.17) is 4.74 Å². The van der Waals surface area contributed by atoms with Crippen molar-refractivity contribution in [3.63, 3.8) is 0 Å². The topological polar surface area (TPSA) is 65.4 Å². The van der Waals surface area contributed by atoms with Gasteiger partial charge < -0.3 is 15.0 Å². The molecule has 2 aromatic carbocycles. The molecule has 0 saturated carbocycles. The molecule has 1 aliphatic heterocycles. The Morgan fingerprint density at radius 3 is 2.60 bits per heavy atom. The molecule has 3 rings (SSSR count). The van der Waals surface area contributed by atoms with Crippen LogP contribution >= 0.6 is 28.6 Å². The lowest BCUT2D eigenvalue weighted by Crippen LogP contribution is -2.46. The van der Waals surface area contributed by atoms with Gasteiger partial charge in [0, 0.05) is 10.2 Å². The zero-order valence-corrected chi connectivity index (χ0v) is 15.7. The number of methoxy groups -OCH3 is 1. The van der Waals surface area contributed by atoms with Crippen LogP contribution < -0.4 is 15.0 Å². The minimum Gasteiger partial charge on any atom is -0.497 e. The van der Waals surface area contributed by atoms with Crippen molar-refractivity contribution in [2.45, 2.75) is 6.17 Å². The number of thiol groups is 1. The van der Waals surface area contributed by atoms with Gasteiger partial charge in [0.1, 0.15) is 23.6 Å². The zero-order valence-electron chi connectivity index (χ0n) is 13.2. The molecule has 0 aliphatic carbocycles. The first kappa shape index (κ1) is 17.4. The fourth-order valence-corrected chi connectivity index (χ4v) is 3.43. The van der Waals surface area contributed by atoms with Crippen LogP contribution in [-0.4, -0.2) is 13.0 Å². The van der Waals surface area contributed by atoms with Gasteiger partial charge in [-0.2, -0.15) is 5.26 Å². The first-order chi connectivity index (χ1) is 12.0. The fourth-order valence-electron chi connectivity index (χ4n) is 2.63. The molecule has 0 bridgehead atoms. The number of nitrogens with one attached hydrogen (secondary N) is 1. The summed E-state index contributed by atoms with van der Waals surface area (Å²) in [5, 5.41) is 12.5. The van der Waals surface area contributed by atoms with E-state index in [1.807, 2.05) is 59.5 Å². The molecule has 0 radical (unpaired) electrons. The smallest absolute Gasteiger partial charge is 0.266 e. The van der Waals surface area contributed by atoms with Crippen LogP contribution in [-0.2, 0) is 4.79 Å². The molecule has 126 valence electrons. The van der Waals surface area contributed by atoms with E-state index in [0.29, 0.717) is 10.8 Å². The van der Waals surface area contributed by atoms with Gasteiger partial charge >= 0.3 is 0 Å².